The van der Waals surface area contributed by atoms with E-state index in [1.807, 2.05) is 0 Å². The van der Waals surface area contributed by atoms with Gasteiger partial charge in [-0.2, -0.15) is 0 Å². The van der Waals surface area contributed by atoms with Crippen LogP contribution in [-0.4, -0.2) is 54.5 Å². The Hall–Kier alpha value is -0.320. The smallest absolute Gasteiger partial charge is 0.236 e. The van der Waals surface area contributed by atoms with Crippen molar-refractivity contribution in [2.24, 2.45) is 23.5 Å². The summed E-state index contributed by atoms with van der Waals surface area (Å²) in [7, 11) is 0. The first-order valence-electron chi connectivity index (χ1n) is 7.89. The number of amides is 1. The maximum Gasteiger partial charge on any atom is 0.236 e. The number of carbonyl (C=O) groups is 1. The van der Waals surface area contributed by atoms with Crippen molar-refractivity contribution in [3.63, 3.8) is 0 Å². The van der Waals surface area contributed by atoms with Gasteiger partial charge in [-0.15, -0.1) is 12.4 Å². The number of carbonyl (C=O) groups excluding carboxylic acids is 1. The van der Waals surface area contributed by atoms with Gasteiger partial charge in [-0.1, -0.05) is 6.92 Å². The van der Waals surface area contributed by atoms with Crippen LogP contribution in [0.3, 0.4) is 0 Å². The van der Waals surface area contributed by atoms with E-state index in [9.17, 15) is 4.79 Å². The molecule has 1 amide bonds. The van der Waals surface area contributed by atoms with E-state index in [2.05, 4.69) is 16.7 Å². The molecule has 116 valence electrons. The molecule has 2 heterocycles. The molecule has 3 fully saturated rings. The lowest BCUT2D eigenvalue weighted by atomic mass is 9.98. The molecule has 1 aliphatic carbocycles. The number of hydrogen-bond donors (Lipinski definition) is 1. The number of fused-ring (bicyclic) bond motifs is 1. The second kappa shape index (κ2) is 6.63. The molecule has 3 atom stereocenters. The Morgan fingerprint density at radius 2 is 1.85 bits per heavy atom. The Morgan fingerprint density at radius 1 is 1.15 bits per heavy atom. The highest BCUT2D eigenvalue weighted by Crippen LogP contribution is 2.36. The SMILES string of the molecule is CC1CCN(C(=O)CN2CC3CCC(N)C3C2)CC1.Cl. The number of hydrogen-bond acceptors (Lipinski definition) is 3. The van der Waals surface area contributed by atoms with Crippen LogP contribution in [0.2, 0.25) is 0 Å². The molecule has 1 saturated carbocycles. The molecule has 2 N–H and O–H groups in total. The van der Waals surface area contributed by atoms with E-state index in [0.29, 0.717) is 24.4 Å². The Morgan fingerprint density at radius 3 is 2.50 bits per heavy atom. The minimum Gasteiger partial charge on any atom is -0.342 e. The quantitative estimate of drug-likeness (QED) is 0.837. The lowest BCUT2D eigenvalue weighted by molar-refractivity contribution is -0.133. The first kappa shape index (κ1) is 16.1. The highest BCUT2D eigenvalue weighted by Gasteiger charge is 2.41. The molecule has 0 aromatic rings. The molecule has 20 heavy (non-hydrogen) atoms. The first-order chi connectivity index (χ1) is 9.13. The molecule has 4 nitrogen and oxygen atoms in total. The number of nitrogens with zero attached hydrogens (tertiary/aromatic N) is 2. The number of nitrogens with two attached hydrogens (primary N) is 1. The third-order valence-electron chi connectivity index (χ3n) is 5.48. The van der Waals surface area contributed by atoms with Crippen LogP contribution in [0.5, 0.6) is 0 Å². The van der Waals surface area contributed by atoms with Crippen LogP contribution in [0.1, 0.15) is 32.6 Å². The summed E-state index contributed by atoms with van der Waals surface area (Å²) in [5, 5.41) is 0. The fourth-order valence-electron chi connectivity index (χ4n) is 4.08. The number of piperidine rings is 1. The van der Waals surface area contributed by atoms with Gasteiger partial charge in [0.15, 0.2) is 0 Å². The standard InChI is InChI=1S/C15H27N3O.ClH/c1-11-4-6-18(7-5-11)15(19)10-17-8-12-2-3-14(16)13(12)9-17;/h11-14H,2-10,16H2,1H3;1H. The van der Waals surface area contributed by atoms with Gasteiger partial charge in [-0.05, 0) is 43.4 Å². The zero-order chi connectivity index (χ0) is 13.4. The van der Waals surface area contributed by atoms with Gasteiger partial charge >= 0.3 is 0 Å². The molecule has 0 spiro atoms. The van der Waals surface area contributed by atoms with Crippen molar-refractivity contribution in [3.8, 4) is 0 Å². The van der Waals surface area contributed by atoms with Gasteiger partial charge in [0.2, 0.25) is 5.91 Å². The predicted octanol–water partition coefficient (Wildman–Crippen LogP) is 1.34. The van der Waals surface area contributed by atoms with Gasteiger partial charge in [0.25, 0.3) is 0 Å². The second-order valence-electron chi connectivity index (χ2n) is 6.92. The average molecular weight is 302 g/mol. The Labute approximate surface area is 128 Å². The van der Waals surface area contributed by atoms with Crippen molar-refractivity contribution in [2.75, 3.05) is 32.7 Å². The molecular formula is C15H28ClN3O. The Balaban J connectivity index is 0.00000147. The highest BCUT2D eigenvalue weighted by atomic mass is 35.5. The molecule has 0 radical (unpaired) electrons. The lowest BCUT2D eigenvalue weighted by Crippen LogP contribution is -2.44. The van der Waals surface area contributed by atoms with Gasteiger partial charge < -0.3 is 10.6 Å². The zero-order valence-electron chi connectivity index (χ0n) is 12.5. The summed E-state index contributed by atoms with van der Waals surface area (Å²) in [4.78, 5) is 16.7. The molecule has 2 aliphatic heterocycles. The summed E-state index contributed by atoms with van der Waals surface area (Å²) in [5.41, 5.74) is 6.15. The molecule has 3 unspecified atom stereocenters. The topological polar surface area (TPSA) is 49.6 Å². The molecule has 3 aliphatic rings. The highest BCUT2D eigenvalue weighted by molar-refractivity contribution is 5.85. The number of halogens is 1. The normalized spacial score (nSPS) is 34.9. The van der Waals surface area contributed by atoms with Crippen molar-refractivity contribution in [1.29, 1.82) is 0 Å². The average Bonchev–Trinajstić information content (AvgIpc) is 2.93. The minimum atomic E-state index is 0. The van der Waals surface area contributed by atoms with Crippen LogP contribution in [0.25, 0.3) is 0 Å². The second-order valence-corrected chi connectivity index (χ2v) is 6.92. The van der Waals surface area contributed by atoms with Crippen molar-refractivity contribution in [3.05, 3.63) is 0 Å². The van der Waals surface area contributed by atoms with E-state index in [4.69, 9.17) is 5.73 Å². The molecule has 3 rings (SSSR count). The molecule has 0 bridgehead atoms. The largest absolute Gasteiger partial charge is 0.342 e. The summed E-state index contributed by atoms with van der Waals surface area (Å²) in [5.74, 6) is 2.52. The van der Waals surface area contributed by atoms with Gasteiger partial charge in [0.1, 0.15) is 0 Å². The summed E-state index contributed by atoms with van der Waals surface area (Å²) in [6.07, 6.45) is 4.78. The molecular weight excluding hydrogens is 274 g/mol. The van der Waals surface area contributed by atoms with Crippen molar-refractivity contribution in [1.82, 2.24) is 9.80 Å². The first-order valence-corrected chi connectivity index (χ1v) is 7.89. The zero-order valence-corrected chi connectivity index (χ0v) is 13.3. The van der Waals surface area contributed by atoms with Crippen molar-refractivity contribution in [2.45, 2.75) is 38.6 Å². The summed E-state index contributed by atoms with van der Waals surface area (Å²) in [6.45, 7) is 6.95. The van der Waals surface area contributed by atoms with Crippen LogP contribution in [0.4, 0.5) is 0 Å². The fraction of sp³-hybridized carbons (Fsp3) is 0.933. The van der Waals surface area contributed by atoms with Crippen LogP contribution >= 0.6 is 12.4 Å². The van der Waals surface area contributed by atoms with E-state index in [1.54, 1.807) is 0 Å². The van der Waals surface area contributed by atoms with Gasteiger partial charge in [-0.25, -0.2) is 0 Å². The monoisotopic (exact) mass is 301 g/mol. The number of rotatable bonds is 2. The summed E-state index contributed by atoms with van der Waals surface area (Å²) in [6, 6.07) is 0.376. The van der Waals surface area contributed by atoms with Crippen molar-refractivity contribution < 1.29 is 4.79 Å². The number of likely N-dealkylation sites (tertiary alicyclic amines) is 2. The van der Waals surface area contributed by atoms with E-state index in [-0.39, 0.29) is 12.4 Å². The van der Waals surface area contributed by atoms with Crippen LogP contribution in [-0.2, 0) is 4.79 Å². The molecule has 2 saturated heterocycles. The summed E-state index contributed by atoms with van der Waals surface area (Å²) < 4.78 is 0. The van der Waals surface area contributed by atoms with Crippen LogP contribution < -0.4 is 5.73 Å². The van der Waals surface area contributed by atoms with Crippen LogP contribution in [0, 0.1) is 17.8 Å². The molecule has 0 aromatic heterocycles. The Kier molecular flexibility index (Phi) is 5.32. The molecule has 0 aromatic carbocycles. The van der Waals surface area contributed by atoms with Gasteiger partial charge in [0, 0.05) is 32.2 Å². The summed E-state index contributed by atoms with van der Waals surface area (Å²) >= 11 is 0. The van der Waals surface area contributed by atoms with E-state index >= 15 is 0 Å². The van der Waals surface area contributed by atoms with E-state index in [1.165, 1.54) is 25.7 Å². The third kappa shape index (κ3) is 3.29. The lowest BCUT2D eigenvalue weighted by Gasteiger charge is -2.31. The fourth-order valence-corrected chi connectivity index (χ4v) is 4.08. The van der Waals surface area contributed by atoms with Gasteiger partial charge in [-0.3, -0.25) is 9.69 Å². The molecule has 5 heteroatoms. The van der Waals surface area contributed by atoms with E-state index < -0.39 is 0 Å². The minimum absolute atomic E-state index is 0. The third-order valence-corrected chi connectivity index (χ3v) is 5.48. The van der Waals surface area contributed by atoms with Crippen molar-refractivity contribution >= 4 is 18.3 Å². The van der Waals surface area contributed by atoms with E-state index in [0.717, 1.165) is 38.0 Å². The predicted molar refractivity (Wildman–Crippen MR) is 82.9 cm³/mol. The van der Waals surface area contributed by atoms with Gasteiger partial charge in [0.05, 0.1) is 6.54 Å². The maximum absolute atomic E-state index is 12.3. The van der Waals surface area contributed by atoms with Crippen LogP contribution in [0.15, 0.2) is 0 Å². The maximum atomic E-state index is 12.3. The Bertz CT molecular complexity index is 344.